The van der Waals surface area contributed by atoms with E-state index in [-0.39, 0.29) is 6.10 Å². The van der Waals surface area contributed by atoms with Crippen LogP contribution >= 0.6 is 11.6 Å². The number of nitrogens with one attached hydrogen (secondary N) is 1. The molecule has 2 fully saturated rings. The van der Waals surface area contributed by atoms with Crippen molar-refractivity contribution in [1.29, 1.82) is 0 Å². The highest BCUT2D eigenvalue weighted by Gasteiger charge is 2.35. The number of piperidine rings is 1. The first-order valence-electron chi connectivity index (χ1n) is 10.7. The lowest BCUT2D eigenvalue weighted by molar-refractivity contribution is -0.107. The summed E-state index contributed by atoms with van der Waals surface area (Å²) in [7, 11) is 0. The van der Waals surface area contributed by atoms with Gasteiger partial charge in [0, 0.05) is 43.3 Å². The van der Waals surface area contributed by atoms with Gasteiger partial charge in [0.25, 0.3) is 0 Å². The molecule has 9 heteroatoms. The molecule has 2 aliphatic rings. The third kappa shape index (κ3) is 5.24. The zero-order chi connectivity index (χ0) is 20.9. The Kier molecular flexibility index (Phi) is 7.09. The molecule has 0 aliphatic carbocycles. The van der Waals surface area contributed by atoms with Gasteiger partial charge in [-0.3, -0.25) is 4.90 Å². The van der Waals surface area contributed by atoms with Gasteiger partial charge in [0.1, 0.15) is 0 Å². The zero-order valence-electron chi connectivity index (χ0n) is 17.5. The molecule has 2 aromatic rings. The van der Waals surface area contributed by atoms with Crippen molar-refractivity contribution in [3.8, 4) is 0 Å². The fourth-order valence-corrected chi connectivity index (χ4v) is 4.58. The fraction of sp³-hybridized carbons (Fsp3) is 0.619. The number of hydrogen-bond acceptors (Lipinski definition) is 7. The van der Waals surface area contributed by atoms with Gasteiger partial charge in [0.15, 0.2) is 0 Å². The van der Waals surface area contributed by atoms with E-state index in [9.17, 15) is 0 Å². The van der Waals surface area contributed by atoms with E-state index in [4.69, 9.17) is 26.8 Å². The van der Waals surface area contributed by atoms with Crippen molar-refractivity contribution in [3.63, 3.8) is 0 Å². The monoisotopic (exact) mass is 434 g/mol. The van der Waals surface area contributed by atoms with Gasteiger partial charge in [-0.15, -0.1) is 5.10 Å². The van der Waals surface area contributed by atoms with E-state index in [1.54, 1.807) is 0 Å². The molecule has 2 aliphatic heterocycles. The highest BCUT2D eigenvalue weighted by molar-refractivity contribution is 6.30. The van der Waals surface area contributed by atoms with Crippen LogP contribution in [0.3, 0.4) is 0 Å². The first-order chi connectivity index (χ1) is 14.6. The number of H-pyrrole nitrogens is 1. The van der Waals surface area contributed by atoms with Gasteiger partial charge < -0.3 is 20.1 Å². The number of halogens is 1. The molecule has 0 amide bonds. The first-order valence-corrected chi connectivity index (χ1v) is 11.1. The smallest absolute Gasteiger partial charge is 0.246 e. The lowest BCUT2D eigenvalue weighted by Gasteiger charge is -2.46. The number of nitrogens with zero attached hydrogens (tertiary/aromatic N) is 4. The minimum absolute atomic E-state index is 0.122. The predicted molar refractivity (Wildman–Crippen MR) is 118 cm³/mol. The summed E-state index contributed by atoms with van der Waals surface area (Å²) in [4.78, 5) is 9.12. The summed E-state index contributed by atoms with van der Waals surface area (Å²) in [6, 6.07) is 9.00. The Hall–Kier alpha value is -1.87. The number of nitrogens with two attached hydrogens (primary N) is 1. The van der Waals surface area contributed by atoms with Crippen LogP contribution in [0.5, 0.6) is 0 Å². The largest absolute Gasteiger partial charge is 0.379 e. The quantitative estimate of drug-likeness (QED) is 0.690. The van der Waals surface area contributed by atoms with Gasteiger partial charge >= 0.3 is 0 Å². The normalized spacial score (nSPS) is 23.7. The molecule has 8 nitrogen and oxygen atoms in total. The molecular weight excluding hydrogens is 404 g/mol. The van der Waals surface area contributed by atoms with E-state index in [2.05, 4.69) is 37.1 Å². The molecule has 30 heavy (non-hydrogen) atoms. The van der Waals surface area contributed by atoms with E-state index in [0.717, 1.165) is 50.5 Å². The van der Waals surface area contributed by atoms with Crippen molar-refractivity contribution < 1.29 is 9.47 Å². The molecule has 0 bridgehead atoms. The number of morpholine rings is 1. The molecule has 4 rings (SSSR count). The molecule has 2 saturated heterocycles. The molecule has 0 spiro atoms. The Morgan fingerprint density at radius 3 is 2.70 bits per heavy atom. The predicted octanol–water partition coefficient (Wildman–Crippen LogP) is 2.36. The van der Waals surface area contributed by atoms with Crippen molar-refractivity contribution in [1.82, 2.24) is 20.1 Å². The van der Waals surface area contributed by atoms with Gasteiger partial charge in [-0.2, -0.15) is 4.98 Å². The molecule has 2 atom stereocenters. The summed E-state index contributed by atoms with van der Waals surface area (Å²) in [5.41, 5.74) is 6.97. The highest BCUT2D eigenvalue weighted by atomic mass is 35.5. The fourth-order valence-electron chi connectivity index (χ4n) is 4.45. The van der Waals surface area contributed by atoms with Crippen LogP contribution in [0.25, 0.3) is 0 Å². The topological polar surface area (TPSA) is 92.5 Å². The SMILES string of the molecule is CCOC[C@H]1CN(C2CCN(c3n[nH]c(N)n3)CC2)[C@@H](Cc2ccc(Cl)cc2)CO1. The molecule has 3 N–H and O–H groups in total. The first kappa shape index (κ1) is 21.4. The maximum absolute atomic E-state index is 6.16. The second-order valence-corrected chi connectivity index (χ2v) is 8.47. The lowest BCUT2D eigenvalue weighted by Crippen LogP contribution is -2.58. The minimum atomic E-state index is 0.122. The second-order valence-electron chi connectivity index (χ2n) is 8.03. The number of aromatic amines is 1. The van der Waals surface area contributed by atoms with Crippen LogP contribution < -0.4 is 10.6 Å². The Balaban J connectivity index is 1.42. The second kappa shape index (κ2) is 9.96. The van der Waals surface area contributed by atoms with Crippen LogP contribution in [-0.4, -0.2) is 77.7 Å². The molecular formula is C21H31ClN6O2. The van der Waals surface area contributed by atoms with Crippen molar-refractivity contribution in [3.05, 3.63) is 34.9 Å². The van der Waals surface area contributed by atoms with Gasteiger partial charge in [-0.05, 0) is 43.9 Å². The molecule has 0 radical (unpaired) electrons. The van der Waals surface area contributed by atoms with Gasteiger partial charge in [0.05, 0.1) is 19.3 Å². The Morgan fingerprint density at radius 1 is 1.27 bits per heavy atom. The van der Waals surface area contributed by atoms with Crippen molar-refractivity contribution in [2.75, 3.05) is 50.1 Å². The lowest BCUT2D eigenvalue weighted by atomic mass is 9.96. The summed E-state index contributed by atoms with van der Waals surface area (Å²) in [6.45, 7) is 6.85. The standard InChI is InChI=1S/C21H31ClN6O2/c1-2-29-14-19-12-28(18(13-30-19)11-15-3-5-16(22)6-4-15)17-7-9-27(10-8-17)21-24-20(23)25-26-21/h3-6,17-19H,2,7-14H2,1H3,(H3,23,24,25,26)/t18-,19+/m0/s1. The van der Waals surface area contributed by atoms with E-state index in [0.29, 0.717) is 37.2 Å². The number of nitrogen functional groups attached to an aromatic ring is 1. The van der Waals surface area contributed by atoms with Crippen molar-refractivity contribution in [2.45, 2.75) is 44.4 Å². The summed E-state index contributed by atoms with van der Waals surface area (Å²) >= 11 is 6.06. The molecule has 1 aromatic carbocycles. The molecule has 0 saturated carbocycles. The van der Waals surface area contributed by atoms with Crippen LogP contribution in [0.15, 0.2) is 24.3 Å². The van der Waals surface area contributed by atoms with Gasteiger partial charge in [0.2, 0.25) is 11.9 Å². The zero-order valence-corrected chi connectivity index (χ0v) is 18.2. The molecule has 3 heterocycles. The summed E-state index contributed by atoms with van der Waals surface area (Å²) in [6.07, 6.45) is 3.20. The van der Waals surface area contributed by atoms with Crippen LogP contribution in [0.4, 0.5) is 11.9 Å². The van der Waals surface area contributed by atoms with Crippen molar-refractivity contribution >= 4 is 23.5 Å². The molecule has 1 aromatic heterocycles. The summed E-state index contributed by atoms with van der Waals surface area (Å²) < 4.78 is 11.8. The summed E-state index contributed by atoms with van der Waals surface area (Å²) in [5, 5.41) is 7.70. The highest BCUT2D eigenvalue weighted by Crippen LogP contribution is 2.27. The van der Waals surface area contributed by atoms with Gasteiger partial charge in [-0.1, -0.05) is 23.7 Å². The summed E-state index contributed by atoms with van der Waals surface area (Å²) in [5.74, 6) is 1.06. The number of aromatic nitrogens is 3. The van der Waals surface area contributed by atoms with Crippen LogP contribution in [-0.2, 0) is 15.9 Å². The number of ether oxygens (including phenoxy) is 2. The Morgan fingerprint density at radius 2 is 2.03 bits per heavy atom. The third-order valence-corrected chi connectivity index (χ3v) is 6.26. The van der Waals surface area contributed by atoms with E-state index in [1.165, 1.54) is 5.56 Å². The maximum Gasteiger partial charge on any atom is 0.246 e. The molecule has 164 valence electrons. The number of benzene rings is 1. The van der Waals surface area contributed by atoms with Crippen molar-refractivity contribution in [2.24, 2.45) is 0 Å². The van der Waals surface area contributed by atoms with E-state index >= 15 is 0 Å². The Labute approximate surface area is 182 Å². The van der Waals surface area contributed by atoms with Gasteiger partial charge in [-0.25, -0.2) is 5.10 Å². The average molecular weight is 435 g/mol. The van der Waals surface area contributed by atoms with Crippen LogP contribution in [0, 0.1) is 0 Å². The minimum Gasteiger partial charge on any atom is -0.379 e. The number of hydrogen-bond donors (Lipinski definition) is 2. The maximum atomic E-state index is 6.16. The number of anilines is 2. The van der Waals surface area contributed by atoms with Crippen LogP contribution in [0.2, 0.25) is 5.02 Å². The number of rotatable bonds is 7. The molecule has 0 unspecified atom stereocenters. The van der Waals surface area contributed by atoms with E-state index < -0.39 is 0 Å². The Bertz CT molecular complexity index is 793. The van der Waals surface area contributed by atoms with Crippen LogP contribution in [0.1, 0.15) is 25.3 Å². The van der Waals surface area contributed by atoms with E-state index in [1.807, 2.05) is 19.1 Å². The average Bonchev–Trinajstić information content (AvgIpc) is 3.21. The third-order valence-electron chi connectivity index (χ3n) is 6.01.